The molecule has 1 N–H and O–H groups in total. The number of hydrogen-bond donors (Lipinski definition) is 1. The first-order valence-electron chi connectivity index (χ1n) is 14.8. The predicted octanol–water partition coefficient (Wildman–Crippen LogP) is 3.30. The molecule has 0 atom stereocenters. The van der Waals surface area contributed by atoms with E-state index in [9.17, 15) is 33.6 Å². The normalized spacial score (nSPS) is 16.2. The molecule has 43 heavy (non-hydrogen) atoms. The molecule has 0 aromatic heterocycles. The van der Waals surface area contributed by atoms with E-state index >= 15 is 0 Å². The number of nitrogens with zero attached hydrogens (tertiary/aromatic N) is 3. The van der Waals surface area contributed by atoms with Crippen molar-refractivity contribution in [3.05, 3.63) is 36.5 Å². The molecule has 0 spiro atoms. The van der Waals surface area contributed by atoms with Crippen LogP contribution < -0.4 is 5.32 Å². The fraction of sp³-hybridized carbons (Fsp3) is 0.594. The topological polar surface area (TPSA) is 141 Å². The zero-order valence-corrected chi connectivity index (χ0v) is 26.7. The minimum Gasteiger partial charge on any atom is -0.356 e. The van der Waals surface area contributed by atoms with Crippen LogP contribution in [-0.4, -0.2) is 82.2 Å². The van der Waals surface area contributed by atoms with Crippen LogP contribution in [0.3, 0.4) is 0 Å². The molecule has 11 nitrogen and oxygen atoms in total. The van der Waals surface area contributed by atoms with E-state index in [0.717, 1.165) is 37.0 Å². The molecular weight excluding hydrogens is 552 g/mol. The van der Waals surface area contributed by atoms with Crippen LogP contribution in [0.2, 0.25) is 0 Å². The van der Waals surface area contributed by atoms with Crippen molar-refractivity contribution in [3.63, 3.8) is 0 Å². The third kappa shape index (κ3) is 14.7. The molecule has 7 amide bonds. The lowest BCUT2D eigenvalue weighted by molar-refractivity contribution is -0.138. The second-order valence-corrected chi connectivity index (χ2v) is 12.9. The summed E-state index contributed by atoms with van der Waals surface area (Å²) in [6, 6.07) is 0. The molecule has 3 aliphatic rings. The minimum absolute atomic E-state index is 0.133. The molecule has 0 saturated heterocycles. The Bertz CT molecular complexity index is 1090. The van der Waals surface area contributed by atoms with Crippen molar-refractivity contribution in [2.45, 2.75) is 87.0 Å². The van der Waals surface area contributed by atoms with Crippen molar-refractivity contribution in [2.75, 3.05) is 26.2 Å². The molecule has 0 aliphatic carbocycles. The van der Waals surface area contributed by atoms with Gasteiger partial charge in [0.2, 0.25) is 5.91 Å². The number of nitrogens with one attached hydrogen (secondary N) is 1. The summed E-state index contributed by atoms with van der Waals surface area (Å²) in [7, 11) is 0. The number of carbonyl (C=O) groups is 7. The van der Waals surface area contributed by atoms with Gasteiger partial charge in [-0.1, -0.05) is 54.9 Å². The number of amides is 7. The Morgan fingerprint density at radius 1 is 0.581 bits per heavy atom. The third-order valence-electron chi connectivity index (χ3n) is 6.47. The van der Waals surface area contributed by atoms with Crippen LogP contribution in [0.4, 0.5) is 0 Å². The number of imide groups is 3. The summed E-state index contributed by atoms with van der Waals surface area (Å²) in [5.41, 5.74) is 0.509. The van der Waals surface area contributed by atoms with E-state index in [1.54, 1.807) is 0 Å². The smallest absolute Gasteiger partial charge is 0.253 e. The summed E-state index contributed by atoms with van der Waals surface area (Å²) in [6.45, 7) is 16.7. The highest BCUT2D eigenvalue weighted by molar-refractivity contribution is 6.14. The monoisotopic (exact) mass is 600 g/mol. The van der Waals surface area contributed by atoms with E-state index in [1.165, 1.54) is 46.3 Å². The van der Waals surface area contributed by atoms with Crippen molar-refractivity contribution in [1.29, 1.82) is 0 Å². The highest BCUT2D eigenvalue weighted by atomic mass is 16.2. The Morgan fingerprint density at radius 2 is 0.953 bits per heavy atom. The van der Waals surface area contributed by atoms with E-state index in [-0.39, 0.29) is 59.7 Å². The molecule has 0 aromatic carbocycles. The van der Waals surface area contributed by atoms with Crippen LogP contribution in [-0.2, 0) is 33.6 Å². The Morgan fingerprint density at radius 3 is 1.33 bits per heavy atom. The minimum atomic E-state index is -0.345. The Kier molecular flexibility index (Phi) is 14.9. The molecule has 0 saturated carbocycles. The summed E-state index contributed by atoms with van der Waals surface area (Å²) < 4.78 is 0. The lowest BCUT2D eigenvalue weighted by atomic mass is 9.90. The lowest BCUT2D eigenvalue weighted by Crippen LogP contribution is -2.35. The molecule has 0 fully saturated rings. The van der Waals surface area contributed by atoms with Gasteiger partial charge in [-0.3, -0.25) is 48.3 Å². The molecule has 0 aromatic rings. The first-order valence-corrected chi connectivity index (χ1v) is 14.8. The molecule has 3 rings (SSSR count). The first kappa shape index (κ1) is 37.1. The molecule has 3 heterocycles. The van der Waals surface area contributed by atoms with Crippen LogP contribution in [0.1, 0.15) is 87.0 Å². The fourth-order valence-corrected chi connectivity index (χ4v) is 3.98. The molecule has 3 aliphatic heterocycles. The zero-order valence-electron chi connectivity index (χ0n) is 26.7. The maximum atomic E-state index is 11.5. The van der Waals surface area contributed by atoms with Crippen LogP contribution in [0.25, 0.3) is 0 Å². The summed E-state index contributed by atoms with van der Waals surface area (Å²) >= 11 is 0. The highest BCUT2D eigenvalue weighted by Crippen LogP contribution is 2.22. The standard InChI is InChI=1S/C13H20N2O3.C12H19NO2.C7H9NO2/c1-13(2,3)7-8-14-10(16)6-9-15-11(17)4-5-12(15)18;1-12(2,3)8-4-5-9-13-10(14)6-7-11(13)15;1-2-5-8-6(9)3-4-7(8)10/h4-5H,6-9H2,1-3H3,(H,14,16);6-7H,4-5,8-9H2,1-3H3;3-4H,2,5H2,1H3. The maximum Gasteiger partial charge on any atom is 0.253 e. The van der Waals surface area contributed by atoms with Crippen LogP contribution in [0.15, 0.2) is 36.5 Å². The van der Waals surface area contributed by atoms with Gasteiger partial charge in [0.05, 0.1) is 0 Å². The van der Waals surface area contributed by atoms with Crippen molar-refractivity contribution in [1.82, 2.24) is 20.0 Å². The summed E-state index contributed by atoms with van der Waals surface area (Å²) in [5, 5.41) is 2.78. The van der Waals surface area contributed by atoms with Crippen LogP contribution in [0.5, 0.6) is 0 Å². The number of hydrogen-bond acceptors (Lipinski definition) is 7. The molecule has 0 unspecified atom stereocenters. The van der Waals surface area contributed by atoms with E-state index in [1.807, 2.05) is 6.92 Å². The highest BCUT2D eigenvalue weighted by Gasteiger charge is 2.24. The van der Waals surface area contributed by atoms with Gasteiger partial charge >= 0.3 is 0 Å². The third-order valence-corrected chi connectivity index (χ3v) is 6.47. The average Bonchev–Trinajstić information content (AvgIpc) is 3.51. The van der Waals surface area contributed by atoms with E-state index in [4.69, 9.17) is 0 Å². The van der Waals surface area contributed by atoms with Gasteiger partial charge in [0.1, 0.15) is 0 Å². The van der Waals surface area contributed by atoms with E-state index in [0.29, 0.717) is 25.0 Å². The van der Waals surface area contributed by atoms with Gasteiger partial charge in [0.15, 0.2) is 0 Å². The molecular formula is C32H48N4O7. The van der Waals surface area contributed by atoms with Crippen molar-refractivity contribution < 1.29 is 33.6 Å². The Labute approximate surface area is 255 Å². The van der Waals surface area contributed by atoms with E-state index < -0.39 is 0 Å². The SMILES string of the molecule is CC(C)(C)CCCCN1C(=O)C=CC1=O.CC(C)(C)CCNC(=O)CCN1C(=O)C=CC1=O.CCCN1C(=O)C=CC1=O. The van der Waals surface area contributed by atoms with Crippen LogP contribution in [0, 0.1) is 10.8 Å². The van der Waals surface area contributed by atoms with Gasteiger partial charge < -0.3 is 5.32 Å². The largest absolute Gasteiger partial charge is 0.356 e. The van der Waals surface area contributed by atoms with Gasteiger partial charge in [0.25, 0.3) is 35.4 Å². The lowest BCUT2D eigenvalue weighted by Gasteiger charge is -2.19. The quantitative estimate of drug-likeness (QED) is 0.283. The van der Waals surface area contributed by atoms with Crippen molar-refractivity contribution in [2.24, 2.45) is 10.8 Å². The predicted molar refractivity (Wildman–Crippen MR) is 163 cm³/mol. The zero-order chi connectivity index (χ0) is 32.8. The second kappa shape index (κ2) is 17.3. The average molecular weight is 601 g/mol. The fourth-order valence-electron chi connectivity index (χ4n) is 3.98. The Hall–Kier alpha value is -3.89. The summed E-state index contributed by atoms with van der Waals surface area (Å²) in [5.74, 6) is -1.54. The van der Waals surface area contributed by atoms with E-state index in [2.05, 4.69) is 46.9 Å². The first-order chi connectivity index (χ1) is 19.9. The molecule has 0 bridgehead atoms. The number of carbonyl (C=O) groups excluding carboxylic acids is 7. The Balaban J connectivity index is 0.000000335. The van der Waals surface area contributed by atoms with Gasteiger partial charge in [0, 0.05) is 69.1 Å². The van der Waals surface area contributed by atoms with Gasteiger partial charge in [-0.05, 0) is 36.5 Å². The second-order valence-electron chi connectivity index (χ2n) is 12.9. The summed E-state index contributed by atoms with van der Waals surface area (Å²) in [6.07, 6.45) is 12.7. The number of rotatable bonds is 11. The van der Waals surface area contributed by atoms with Gasteiger partial charge in [-0.2, -0.15) is 0 Å². The van der Waals surface area contributed by atoms with Crippen molar-refractivity contribution >= 4 is 41.4 Å². The van der Waals surface area contributed by atoms with Gasteiger partial charge in [-0.25, -0.2) is 0 Å². The molecule has 11 heteroatoms. The van der Waals surface area contributed by atoms with Gasteiger partial charge in [-0.15, -0.1) is 0 Å². The molecule has 238 valence electrons. The maximum absolute atomic E-state index is 11.5. The van der Waals surface area contributed by atoms with Crippen LogP contribution >= 0.6 is 0 Å². The number of unbranched alkanes of at least 4 members (excludes halogenated alkanes) is 1. The molecule has 0 radical (unpaired) electrons. The summed E-state index contributed by atoms with van der Waals surface area (Å²) in [4.78, 5) is 81.6. The van der Waals surface area contributed by atoms with Crippen molar-refractivity contribution in [3.8, 4) is 0 Å².